The van der Waals surface area contributed by atoms with E-state index in [1.54, 1.807) is 24.3 Å². The van der Waals surface area contributed by atoms with Crippen LogP contribution in [0.3, 0.4) is 0 Å². The van der Waals surface area contributed by atoms with Gasteiger partial charge in [-0.05, 0) is 35.5 Å². The molecule has 0 spiro atoms. The van der Waals surface area contributed by atoms with E-state index in [0.29, 0.717) is 4.91 Å². The van der Waals surface area contributed by atoms with Gasteiger partial charge < -0.3 is 5.32 Å². The monoisotopic (exact) mass is 420 g/mol. The minimum absolute atomic E-state index is 0.0702. The lowest BCUT2D eigenvalue weighted by Gasteiger charge is -2.13. The number of hydrogen-bond acceptors (Lipinski definition) is 4. The molecule has 0 saturated carbocycles. The van der Waals surface area contributed by atoms with E-state index in [2.05, 4.69) is 5.32 Å². The van der Waals surface area contributed by atoms with Gasteiger partial charge in [0.15, 0.2) is 0 Å². The zero-order valence-electron chi connectivity index (χ0n) is 13.9. The highest BCUT2D eigenvalue weighted by Gasteiger charge is 2.34. The van der Waals surface area contributed by atoms with Crippen LogP contribution in [0.15, 0.2) is 53.4 Å². The van der Waals surface area contributed by atoms with Gasteiger partial charge in [-0.2, -0.15) is 0 Å². The summed E-state index contributed by atoms with van der Waals surface area (Å²) in [6, 6.07) is 14.0. The van der Waals surface area contributed by atoms with Crippen molar-refractivity contribution >= 4 is 58.1 Å². The van der Waals surface area contributed by atoms with Gasteiger partial charge in [0.25, 0.3) is 17.1 Å². The zero-order valence-corrected chi connectivity index (χ0v) is 16.3. The van der Waals surface area contributed by atoms with Gasteiger partial charge in [0, 0.05) is 13.1 Å². The van der Waals surface area contributed by atoms with Gasteiger partial charge in [-0.15, -0.1) is 0 Å². The number of hydrogen-bond donors (Lipinski definition) is 1. The third kappa shape index (κ3) is 4.53. The summed E-state index contributed by atoms with van der Waals surface area (Å²) >= 11 is 12.8. The highest BCUT2D eigenvalue weighted by molar-refractivity contribution is 8.18. The van der Waals surface area contributed by atoms with Crippen molar-refractivity contribution < 1.29 is 14.4 Å². The topological polar surface area (TPSA) is 66.5 Å². The molecule has 27 heavy (non-hydrogen) atoms. The number of rotatable bonds is 5. The summed E-state index contributed by atoms with van der Waals surface area (Å²) in [5.74, 6) is -0.793. The number of thioether (sulfide) groups is 1. The van der Waals surface area contributed by atoms with Gasteiger partial charge in [-0.25, -0.2) is 0 Å². The second-order valence-electron chi connectivity index (χ2n) is 5.60. The first kappa shape index (κ1) is 19.5. The van der Waals surface area contributed by atoms with Gasteiger partial charge in [0.05, 0.1) is 20.5 Å². The summed E-state index contributed by atoms with van der Waals surface area (Å²) in [7, 11) is 0. The Kier molecular flexibility index (Phi) is 6.21. The maximum Gasteiger partial charge on any atom is 0.293 e. The van der Waals surface area contributed by atoms with E-state index in [-0.39, 0.29) is 39.8 Å². The number of nitrogens with zero attached hydrogens (tertiary/aromatic N) is 1. The van der Waals surface area contributed by atoms with Crippen LogP contribution in [0.2, 0.25) is 10.0 Å². The third-order valence-electron chi connectivity index (χ3n) is 3.79. The van der Waals surface area contributed by atoms with Crippen LogP contribution in [-0.4, -0.2) is 35.0 Å². The fourth-order valence-corrected chi connectivity index (χ4v) is 3.70. The molecule has 8 heteroatoms. The van der Waals surface area contributed by atoms with Crippen LogP contribution in [0.1, 0.15) is 15.9 Å². The fourth-order valence-electron chi connectivity index (χ4n) is 2.45. The average molecular weight is 421 g/mol. The van der Waals surface area contributed by atoms with Crippen molar-refractivity contribution in [3.8, 4) is 0 Å². The number of nitrogens with one attached hydrogen (secondary N) is 1. The molecule has 5 nitrogen and oxygen atoms in total. The highest BCUT2D eigenvalue weighted by atomic mass is 35.5. The largest absolute Gasteiger partial charge is 0.350 e. The summed E-state index contributed by atoms with van der Waals surface area (Å²) in [6.07, 6.45) is 1.68. The van der Waals surface area contributed by atoms with E-state index in [0.717, 1.165) is 22.2 Å². The van der Waals surface area contributed by atoms with Gasteiger partial charge in [0.1, 0.15) is 0 Å². The van der Waals surface area contributed by atoms with Crippen LogP contribution < -0.4 is 5.32 Å². The molecular formula is C19H14Cl2N2O3S. The summed E-state index contributed by atoms with van der Waals surface area (Å²) in [6.45, 7) is 0.180. The minimum Gasteiger partial charge on any atom is -0.350 e. The number of benzene rings is 2. The Morgan fingerprint density at radius 1 is 1.07 bits per heavy atom. The molecule has 3 amide bonds. The molecule has 0 aromatic heterocycles. The Labute approximate surface area is 170 Å². The molecule has 3 rings (SSSR count). The Bertz CT molecular complexity index is 932. The molecule has 0 radical (unpaired) electrons. The Morgan fingerprint density at radius 3 is 2.56 bits per heavy atom. The summed E-state index contributed by atoms with van der Waals surface area (Å²) in [5.41, 5.74) is 1.08. The SMILES string of the molecule is O=C(NCCN1C(=O)S/C(=C\c2ccccc2)C1=O)c1cccc(Cl)c1Cl. The number of amides is 3. The maximum absolute atomic E-state index is 12.4. The van der Waals surface area contributed by atoms with E-state index < -0.39 is 5.91 Å². The average Bonchev–Trinajstić information content (AvgIpc) is 2.92. The van der Waals surface area contributed by atoms with Crippen molar-refractivity contribution in [1.82, 2.24) is 10.2 Å². The van der Waals surface area contributed by atoms with Crippen LogP contribution in [-0.2, 0) is 4.79 Å². The van der Waals surface area contributed by atoms with E-state index >= 15 is 0 Å². The normalized spacial score (nSPS) is 15.5. The third-order valence-corrected chi connectivity index (χ3v) is 5.51. The van der Waals surface area contributed by atoms with Crippen molar-refractivity contribution in [1.29, 1.82) is 0 Å². The zero-order chi connectivity index (χ0) is 19.4. The van der Waals surface area contributed by atoms with Crippen LogP contribution in [0.4, 0.5) is 4.79 Å². The molecule has 0 aliphatic carbocycles. The molecule has 0 bridgehead atoms. The van der Waals surface area contributed by atoms with Gasteiger partial charge in [-0.1, -0.05) is 59.6 Å². The first-order valence-electron chi connectivity index (χ1n) is 8.00. The van der Waals surface area contributed by atoms with Crippen LogP contribution in [0.5, 0.6) is 0 Å². The Balaban J connectivity index is 1.60. The molecular weight excluding hydrogens is 407 g/mol. The number of imide groups is 1. The fraction of sp³-hybridized carbons (Fsp3) is 0.105. The van der Waals surface area contributed by atoms with Crippen LogP contribution >= 0.6 is 35.0 Å². The van der Waals surface area contributed by atoms with Crippen LogP contribution in [0.25, 0.3) is 6.08 Å². The Hall–Kier alpha value is -2.28. The van der Waals surface area contributed by atoms with Crippen LogP contribution in [0, 0.1) is 0 Å². The molecule has 1 aliphatic heterocycles. The highest BCUT2D eigenvalue weighted by Crippen LogP contribution is 2.32. The maximum atomic E-state index is 12.4. The van der Waals surface area contributed by atoms with Crippen molar-refractivity contribution in [2.24, 2.45) is 0 Å². The van der Waals surface area contributed by atoms with E-state index in [1.807, 2.05) is 30.3 Å². The summed E-state index contributed by atoms with van der Waals surface area (Å²) < 4.78 is 0. The van der Waals surface area contributed by atoms with Crippen molar-refractivity contribution in [3.63, 3.8) is 0 Å². The predicted molar refractivity (Wildman–Crippen MR) is 108 cm³/mol. The summed E-state index contributed by atoms with van der Waals surface area (Å²) in [5, 5.41) is 2.72. The number of carbonyl (C=O) groups is 3. The minimum atomic E-state index is -0.422. The van der Waals surface area contributed by atoms with Crippen molar-refractivity contribution in [2.45, 2.75) is 0 Å². The molecule has 1 saturated heterocycles. The lowest BCUT2D eigenvalue weighted by Crippen LogP contribution is -2.37. The molecule has 1 N–H and O–H groups in total. The first-order chi connectivity index (χ1) is 13.0. The molecule has 2 aromatic rings. The molecule has 1 heterocycles. The van der Waals surface area contributed by atoms with Gasteiger partial charge in [-0.3, -0.25) is 19.3 Å². The van der Waals surface area contributed by atoms with E-state index in [9.17, 15) is 14.4 Å². The predicted octanol–water partition coefficient (Wildman–Crippen LogP) is 4.46. The summed E-state index contributed by atoms with van der Waals surface area (Å²) in [4.78, 5) is 38.2. The van der Waals surface area contributed by atoms with Crippen molar-refractivity contribution in [2.75, 3.05) is 13.1 Å². The molecule has 138 valence electrons. The smallest absolute Gasteiger partial charge is 0.293 e. The first-order valence-corrected chi connectivity index (χ1v) is 9.57. The molecule has 0 unspecified atom stereocenters. The number of carbonyl (C=O) groups excluding carboxylic acids is 3. The Morgan fingerprint density at radius 2 is 1.81 bits per heavy atom. The molecule has 1 aliphatic rings. The van der Waals surface area contributed by atoms with Gasteiger partial charge >= 0.3 is 0 Å². The molecule has 0 atom stereocenters. The molecule has 2 aromatic carbocycles. The van der Waals surface area contributed by atoms with Crippen molar-refractivity contribution in [3.05, 3.63) is 74.6 Å². The lowest BCUT2D eigenvalue weighted by atomic mass is 10.2. The number of halogens is 2. The quantitative estimate of drug-likeness (QED) is 0.724. The lowest BCUT2D eigenvalue weighted by molar-refractivity contribution is -0.122. The van der Waals surface area contributed by atoms with E-state index in [4.69, 9.17) is 23.2 Å². The second-order valence-corrected chi connectivity index (χ2v) is 7.38. The van der Waals surface area contributed by atoms with Gasteiger partial charge in [0.2, 0.25) is 0 Å². The second kappa shape index (κ2) is 8.61. The van der Waals surface area contributed by atoms with E-state index in [1.165, 1.54) is 0 Å². The standard InChI is InChI=1S/C19H14Cl2N2O3S/c20-14-8-4-7-13(16(14)21)17(24)22-9-10-23-18(25)15(27-19(23)26)11-12-5-2-1-3-6-12/h1-8,11H,9-10H2,(H,22,24)/b15-11-. The molecule has 1 fully saturated rings.